The highest BCUT2D eigenvalue weighted by atomic mass is 127. The molecule has 0 bridgehead atoms. The van der Waals surface area contributed by atoms with Crippen molar-refractivity contribution >= 4 is 22.6 Å². The summed E-state index contributed by atoms with van der Waals surface area (Å²) in [6, 6.07) is 0.894. The fraction of sp³-hybridized carbons (Fsp3) is 1.00. The normalized spacial score (nSPS) is 31.0. The van der Waals surface area contributed by atoms with E-state index in [0.717, 1.165) is 9.97 Å². The molecule has 72 valence electrons. The molecule has 0 unspecified atom stereocenters. The van der Waals surface area contributed by atoms with Crippen LogP contribution in [0.25, 0.3) is 0 Å². The van der Waals surface area contributed by atoms with Gasteiger partial charge in [-0.15, -0.1) is 0 Å². The first-order chi connectivity index (χ1) is 5.77. The van der Waals surface area contributed by atoms with Gasteiger partial charge in [0.25, 0.3) is 0 Å². The van der Waals surface area contributed by atoms with Crippen molar-refractivity contribution in [2.45, 2.75) is 49.5 Å². The Bertz CT molecular complexity index is 115. The fourth-order valence-electron chi connectivity index (χ4n) is 2.14. The van der Waals surface area contributed by atoms with Gasteiger partial charge in [-0.3, -0.25) is 0 Å². The maximum absolute atomic E-state index is 2.61. The maximum atomic E-state index is 2.61. The lowest BCUT2D eigenvalue weighted by molar-refractivity contribution is 0.175. The number of nitrogens with zero attached hydrogens (tertiary/aromatic N) is 1. The molecule has 12 heavy (non-hydrogen) atoms. The molecule has 1 nitrogen and oxygen atoms in total. The molecule has 1 saturated carbocycles. The van der Waals surface area contributed by atoms with Gasteiger partial charge in [0, 0.05) is 9.97 Å². The first-order valence-corrected chi connectivity index (χ1v) is 6.40. The molecule has 1 aliphatic carbocycles. The molecule has 0 radical (unpaired) electrons. The van der Waals surface area contributed by atoms with Gasteiger partial charge in [0.1, 0.15) is 0 Å². The highest BCUT2D eigenvalue weighted by Gasteiger charge is 2.22. The molecule has 0 aromatic rings. The van der Waals surface area contributed by atoms with Gasteiger partial charge in [0.15, 0.2) is 0 Å². The highest BCUT2D eigenvalue weighted by Crippen LogP contribution is 2.27. The SMILES string of the molecule is CCN(CC)C1CCC(I)CC1. The molecular formula is C10H20IN. The Hall–Kier alpha value is 0.690. The predicted octanol–water partition coefficient (Wildman–Crippen LogP) is 3.07. The zero-order valence-electron chi connectivity index (χ0n) is 8.22. The Labute approximate surface area is 90.0 Å². The van der Waals surface area contributed by atoms with Gasteiger partial charge in [-0.2, -0.15) is 0 Å². The third kappa shape index (κ3) is 2.87. The molecule has 1 rings (SSSR count). The van der Waals surface area contributed by atoms with Crippen molar-refractivity contribution in [2.75, 3.05) is 13.1 Å². The third-order valence-corrected chi connectivity index (χ3v) is 4.20. The second-order valence-corrected chi connectivity index (χ2v) is 5.39. The minimum atomic E-state index is 0.894. The van der Waals surface area contributed by atoms with Crippen molar-refractivity contribution in [1.82, 2.24) is 4.90 Å². The Morgan fingerprint density at radius 2 is 1.58 bits per heavy atom. The Morgan fingerprint density at radius 3 is 2.00 bits per heavy atom. The van der Waals surface area contributed by atoms with Crippen molar-refractivity contribution in [3.8, 4) is 0 Å². The van der Waals surface area contributed by atoms with E-state index in [2.05, 4.69) is 41.3 Å². The highest BCUT2D eigenvalue weighted by molar-refractivity contribution is 14.1. The van der Waals surface area contributed by atoms with Crippen LogP contribution in [0.1, 0.15) is 39.5 Å². The molecule has 1 fully saturated rings. The Morgan fingerprint density at radius 1 is 1.08 bits per heavy atom. The van der Waals surface area contributed by atoms with E-state index in [4.69, 9.17) is 0 Å². The van der Waals surface area contributed by atoms with E-state index >= 15 is 0 Å². The summed E-state index contributed by atoms with van der Waals surface area (Å²) < 4.78 is 0.953. The van der Waals surface area contributed by atoms with Crippen LogP contribution in [-0.4, -0.2) is 28.0 Å². The van der Waals surface area contributed by atoms with Crippen LogP contribution in [-0.2, 0) is 0 Å². The van der Waals surface area contributed by atoms with Gasteiger partial charge < -0.3 is 4.90 Å². The van der Waals surface area contributed by atoms with E-state index in [1.165, 1.54) is 38.8 Å². The summed E-state index contributed by atoms with van der Waals surface area (Å²) in [7, 11) is 0. The average molecular weight is 281 g/mol. The van der Waals surface area contributed by atoms with E-state index in [1.54, 1.807) is 0 Å². The van der Waals surface area contributed by atoms with E-state index < -0.39 is 0 Å². The summed E-state index contributed by atoms with van der Waals surface area (Å²) in [6.07, 6.45) is 5.72. The zero-order chi connectivity index (χ0) is 8.97. The van der Waals surface area contributed by atoms with Crippen molar-refractivity contribution in [1.29, 1.82) is 0 Å². The lowest BCUT2D eigenvalue weighted by Gasteiger charge is -2.34. The van der Waals surface area contributed by atoms with Crippen LogP contribution >= 0.6 is 22.6 Å². The molecule has 0 heterocycles. The van der Waals surface area contributed by atoms with Crippen molar-refractivity contribution in [3.63, 3.8) is 0 Å². The van der Waals surface area contributed by atoms with Crippen LogP contribution < -0.4 is 0 Å². The second kappa shape index (κ2) is 5.43. The van der Waals surface area contributed by atoms with Crippen LogP contribution in [0.4, 0.5) is 0 Å². The summed E-state index contributed by atoms with van der Waals surface area (Å²) in [5.74, 6) is 0. The predicted molar refractivity (Wildman–Crippen MR) is 63.0 cm³/mol. The van der Waals surface area contributed by atoms with Gasteiger partial charge in [-0.05, 0) is 38.8 Å². The third-order valence-electron chi connectivity index (χ3n) is 2.96. The van der Waals surface area contributed by atoms with Gasteiger partial charge in [-0.25, -0.2) is 0 Å². The minimum Gasteiger partial charge on any atom is -0.301 e. The van der Waals surface area contributed by atoms with E-state index in [0.29, 0.717) is 0 Å². The Kier molecular flexibility index (Phi) is 4.87. The summed E-state index contributed by atoms with van der Waals surface area (Å²) >= 11 is 2.60. The monoisotopic (exact) mass is 281 g/mol. The largest absolute Gasteiger partial charge is 0.301 e. The molecule has 1 aliphatic rings. The number of halogens is 1. The van der Waals surface area contributed by atoms with E-state index in [-0.39, 0.29) is 0 Å². The second-order valence-electron chi connectivity index (χ2n) is 3.63. The van der Waals surface area contributed by atoms with Gasteiger partial charge >= 0.3 is 0 Å². The van der Waals surface area contributed by atoms with Crippen LogP contribution in [0.15, 0.2) is 0 Å². The molecule has 0 spiro atoms. The fourth-order valence-corrected chi connectivity index (χ4v) is 2.86. The van der Waals surface area contributed by atoms with Crippen molar-refractivity contribution in [2.24, 2.45) is 0 Å². The summed E-state index contributed by atoms with van der Waals surface area (Å²) in [4.78, 5) is 2.61. The molecule has 0 aromatic carbocycles. The number of alkyl halides is 1. The lowest BCUT2D eigenvalue weighted by Crippen LogP contribution is -2.37. The van der Waals surface area contributed by atoms with Crippen molar-refractivity contribution in [3.05, 3.63) is 0 Å². The van der Waals surface area contributed by atoms with Crippen LogP contribution in [0.5, 0.6) is 0 Å². The summed E-state index contributed by atoms with van der Waals surface area (Å²) in [5.41, 5.74) is 0. The van der Waals surface area contributed by atoms with E-state index in [1.807, 2.05) is 0 Å². The molecule has 0 N–H and O–H groups in total. The topological polar surface area (TPSA) is 3.24 Å². The van der Waals surface area contributed by atoms with Gasteiger partial charge in [-0.1, -0.05) is 36.4 Å². The quantitative estimate of drug-likeness (QED) is 0.567. The first-order valence-electron chi connectivity index (χ1n) is 5.16. The van der Waals surface area contributed by atoms with Crippen molar-refractivity contribution < 1.29 is 0 Å². The lowest BCUT2D eigenvalue weighted by atomic mass is 9.94. The molecule has 0 amide bonds. The average Bonchev–Trinajstić information content (AvgIpc) is 2.10. The molecule has 0 aliphatic heterocycles. The molecular weight excluding hydrogens is 261 g/mol. The molecule has 0 atom stereocenters. The standard InChI is InChI=1S/C10H20IN/c1-3-12(4-2)10-7-5-9(11)6-8-10/h9-10H,3-8H2,1-2H3. The molecule has 0 saturated heterocycles. The van der Waals surface area contributed by atoms with Crippen LogP contribution in [0.2, 0.25) is 0 Å². The van der Waals surface area contributed by atoms with E-state index in [9.17, 15) is 0 Å². The minimum absolute atomic E-state index is 0.894. The van der Waals surface area contributed by atoms with Crippen LogP contribution in [0.3, 0.4) is 0 Å². The first kappa shape index (κ1) is 10.8. The summed E-state index contributed by atoms with van der Waals surface area (Å²) in [6.45, 7) is 7.01. The number of rotatable bonds is 3. The molecule has 2 heteroatoms. The molecule has 0 aromatic heterocycles. The van der Waals surface area contributed by atoms with Crippen LogP contribution in [0, 0.1) is 0 Å². The zero-order valence-corrected chi connectivity index (χ0v) is 10.4. The number of hydrogen-bond donors (Lipinski definition) is 0. The van der Waals surface area contributed by atoms with Gasteiger partial charge in [0.05, 0.1) is 0 Å². The summed E-state index contributed by atoms with van der Waals surface area (Å²) in [5, 5.41) is 0. The number of hydrogen-bond acceptors (Lipinski definition) is 1. The van der Waals surface area contributed by atoms with Gasteiger partial charge in [0.2, 0.25) is 0 Å². The Balaban J connectivity index is 2.32. The maximum Gasteiger partial charge on any atom is 0.0111 e. The smallest absolute Gasteiger partial charge is 0.0111 e.